The van der Waals surface area contributed by atoms with Gasteiger partial charge < -0.3 is 20.0 Å². The molecule has 11 heteroatoms. The van der Waals surface area contributed by atoms with E-state index in [1.807, 2.05) is 30.3 Å². The molecule has 0 bridgehead atoms. The van der Waals surface area contributed by atoms with E-state index < -0.39 is 29.9 Å². The number of hydrogen-bond donors (Lipinski definition) is 1. The summed E-state index contributed by atoms with van der Waals surface area (Å²) in [4.78, 5) is 33.4. The normalized spacial score (nSPS) is 15.6. The highest BCUT2D eigenvalue weighted by atomic mass is 19.4. The highest BCUT2D eigenvalue weighted by molar-refractivity contribution is 6.03. The van der Waals surface area contributed by atoms with Gasteiger partial charge in [-0.25, -0.2) is 9.78 Å². The number of fused-ring (bicyclic) bond motifs is 1. The van der Waals surface area contributed by atoms with Gasteiger partial charge in [0, 0.05) is 34.6 Å². The van der Waals surface area contributed by atoms with E-state index in [4.69, 9.17) is 4.74 Å². The molecule has 0 spiro atoms. The monoisotopic (exact) mass is 575 g/mol. The molecule has 0 saturated heterocycles. The van der Waals surface area contributed by atoms with Crippen molar-refractivity contribution in [3.63, 3.8) is 0 Å². The van der Waals surface area contributed by atoms with Crippen molar-refractivity contribution in [2.45, 2.75) is 32.9 Å². The Morgan fingerprint density at radius 1 is 1.07 bits per heavy atom. The summed E-state index contributed by atoms with van der Waals surface area (Å²) in [5.41, 5.74) is 2.19. The number of halogens is 3. The summed E-state index contributed by atoms with van der Waals surface area (Å²) in [5, 5.41) is 15.3. The van der Waals surface area contributed by atoms with Gasteiger partial charge in [-0.05, 0) is 50.5 Å². The maximum absolute atomic E-state index is 14.1. The summed E-state index contributed by atoms with van der Waals surface area (Å²) >= 11 is 0. The molecular formula is C31H26F3N4O4-. The van der Waals surface area contributed by atoms with Crippen LogP contribution in [0.4, 0.5) is 13.2 Å². The minimum absolute atomic E-state index is 0.0361. The second-order valence-electron chi connectivity index (χ2n) is 9.72. The number of aryl methyl sites for hydroxylation is 1. The summed E-state index contributed by atoms with van der Waals surface area (Å²) in [6, 6.07) is 17.0. The number of esters is 1. The number of aliphatic carboxylic acids is 1. The average molecular weight is 576 g/mol. The van der Waals surface area contributed by atoms with Crippen LogP contribution >= 0.6 is 0 Å². The number of carbonyl (C=O) groups excluding carboxylic acids is 2. The summed E-state index contributed by atoms with van der Waals surface area (Å²) in [7, 11) is 0. The third-order valence-corrected chi connectivity index (χ3v) is 7.07. The molecule has 5 rings (SSSR count). The van der Waals surface area contributed by atoms with Crippen LogP contribution < -0.4 is 10.4 Å². The van der Waals surface area contributed by atoms with E-state index in [9.17, 15) is 27.9 Å². The van der Waals surface area contributed by atoms with E-state index in [1.165, 1.54) is 30.6 Å². The van der Waals surface area contributed by atoms with E-state index in [-0.39, 0.29) is 52.3 Å². The quantitative estimate of drug-likeness (QED) is 0.306. The number of benzene rings is 2. The first kappa shape index (κ1) is 28.6. The molecule has 2 aromatic heterocycles. The average Bonchev–Trinajstić information content (AvgIpc) is 3.37. The van der Waals surface area contributed by atoms with Crippen LogP contribution in [-0.2, 0) is 26.9 Å². The molecule has 0 radical (unpaired) electrons. The summed E-state index contributed by atoms with van der Waals surface area (Å²) < 4.78 is 48.6. The van der Waals surface area contributed by atoms with Crippen LogP contribution in [-0.4, -0.2) is 33.1 Å². The molecule has 2 aromatic carbocycles. The minimum atomic E-state index is -4.77. The van der Waals surface area contributed by atoms with Gasteiger partial charge >= 0.3 is 12.1 Å². The molecule has 1 N–H and O–H groups in total. The summed E-state index contributed by atoms with van der Waals surface area (Å²) in [6.45, 7) is 3.23. The molecule has 216 valence electrons. The molecule has 42 heavy (non-hydrogen) atoms. The first-order valence-corrected chi connectivity index (χ1v) is 13.2. The molecule has 4 aromatic rings. The Morgan fingerprint density at radius 3 is 2.52 bits per heavy atom. The number of aromatic nitrogens is 3. The van der Waals surface area contributed by atoms with Gasteiger partial charge in [0.25, 0.3) is 0 Å². The van der Waals surface area contributed by atoms with Gasteiger partial charge in [-0.15, -0.1) is 0 Å². The third kappa shape index (κ3) is 5.50. The minimum Gasteiger partial charge on any atom is -0.545 e. The van der Waals surface area contributed by atoms with E-state index in [0.717, 1.165) is 10.1 Å². The lowest BCUT2D eigenvalue weighted by atomic mass is 9.80. The molecule has 8 nitrogen and oxygen atoms in total. The second kappa shape index (κ2) is 11.5. The number of nitrogens with zero attached hydrogens (tertiary/aromatic N) is 3. The molecule has 1 aliphatic heterocycles. The fourth-order valence-electron chi connectivity index (χ4n) is 5.31. The lowest BCUT2D eigenvalue weighted by molar-refractivity contribution is -0.300. The topological polar surface area (TPSA) is 109 Å². The van der Waals surface area contributed by atoms with Crippen molar-refractivity contribution in [2.75, 3.05) is 6.61 Å². The van der Waals surface area contributed by atoms with E-state index in [1.54, 1.807) is 26.0 Å². The number of pyridine rings is 1. The number of allylic oxidation sites excluding steroid dienone is 1. The maximum Gasteiger partial charge on any atom is 0.450 e. The van der Waals surface area contributed by atoms with Crippen molar-refractivity contribution in [2.24, 2.45) is 5.92 Å². The molecule has 0 saturated carbocycles. The Kier molecular flexibility index (Phi) is 7.84. The van der Waals surface area contributed by atoms with Crippen molar-refractivity contribution in [1.82, 2.24) is 19.9 Å². The SMILES string of the molecule is CCOC(=O)C1=C(c2cccc(-n3c(C(F)(F)F)nc4cnccc43)c2)NC(C)=C(C(=O)[O-])C1CCc1ccccc1. The van der Waals surface area contributed by atoms with Crippen LogP contribution in [0.15, 0.2) is 89.9 Å². The lowest BCUT2D eigenvalue weighted by Crippen LogP contribution is -2.38. The smallest absolute Gasteiger partial charge is 0.450 e. The summed E-state index contributed by atoms with van der Waals surface area (Å²) in [5.74, 6) is -4.19. The standard InChI is InChI=1S/C31H27F3N4O4/c1-3-42-29(41)26-22(13-12-19-8-5-4-6-9-19)25(28(39)40)18(2)36-27(26)20-10-7-11-21(16-20)38-24-14-15-35-17-23(24)37-30(38)31(32,33)34/h4-11,14-17,22,36H,3,12-13H2,1-2H3,(H,39,40)/p-1. The number of dihydropyridines is 1. The van der Waals surface area contributed by atoms with Crippen molar-refractivity contribution in [3.05, 3.63) is 107 Å². The van der Waals surface area contributed by atoms with Crippen LogP contribution in [0.1, 0.15) is 37.2 Å². The van der Waals surface area contributed by atoms with Crippen molar-refractivity contribution < 1.29 is 32.6 Å². The number of rotatable bonds is 8. The fraction of sp³-hybridized carbons (Fsp3) is 0.226. The second-order valence-corrected chi connectivity index (χ2v) is 9.72. The van der Waals surface area contributed by atoms with E-state index in [2.05, 4.69) is 15.3 Å². The molecule has 1 unspecified atom stereocenters. The number of nitrogens with one attached hydrogen (secondary N) is 1. The van der Waals surface area contributed by atoms with Crippen LogP contribution in [0.2, 0.25) is 0 Å². The zero-order valence-electron chi connectivity index (χ0n) is 22.7. The van der Waals surface area contributed by atoms with E-state index >= 15 is 0 Å². The summed E-state index contributed by atoms with van der Waals surface area (Å²) in [6.07, 6.45) is -1.43. The van der Waals surface area contributed by atoms with Crippen LogP contribution in [0.3, 0.4) is 0 Å². The number of alkyl halides is 3. The molecule has 0 fully saturated rings. The van der Waals surface area contributed by atoms with Gasteiger partial charge in [-0.2, -0.15) is 13.2 Å². The predicted molar refractivity (Wildman–Crippen MR) is 147 cm³/mol. The van der Waals surface area contributed by atoms with Gasteiger partial charge in [0.1, 0.15) is 5.52 Å². The molecular weight excluding hydrogens is 549 g/mol. The molecule has 0 aliphatic carbocycles. The molecule has 0 amide bonds. The van der Waals surface area contributed by atoms with Gasteiger partial charge in [0.05, 0.1) is 35.6 Å². The number of carboxylic acids is 1. The Balaban J connectivity index is 1.68. The Morgan fingerprint density at radius 2 is 1.83 bits per heavy atom. The molecule has 1 atom stereocenters. The van der Waals surface area contributed by atoms with Crippen molar-refractivity contribution >= 4 is 28.7 Å². The van der Waals surface area contributed by atoms with Gasteiger partial charge in [0.15, 0.2) is 0 Å². The highest BCUT2D eigenvalue weighted by Gasteiger charge is 2.39. The highest BCUT2D eigenvalue weighted by Crippen LogP contribution is 2.39. The largest absolute Gasteiger partial charge is 0.545 e. The van der Waals surface area contributed by atoms with Gasteiger partial charge in [-0.1, -0.05) is 42.5 Å². The predicted octanol–water partition coefficient (Wildman–Crippen LogP) is 4.59. The number of hydrogen-bond acceptors (Lipinski definition) is 7. The van der Waals surface area contributed by atoms with Crippen LogP contribution in [0.25, 0.3) is 22.4 Å². The zero-order valence-corrected chi connectivity index (χ0v) is 22.7. The zero-order chi connectivity index (χ0) is 30.0. The first-order valence-electron chi connectivity index (χ1n) is 13.2. The first-order chi connectivity index (χ1) is 20.1. The van der Waals surface area contributed by atoms with Crippen LogP contribution in [0.5, 0.6) is 0 Å². The maximum atomic E-state index is 14.1. The van der Waals surface area contributed by atoms with Crippen molar-refractivity contribution in [1.29, 1.82) is 0 Å². The number of imidazole rings is 1. The Hall–Kier alpha value is -4.93. The molecule has 1 aliphatic rings. The number of carboxylic acid groups (broad SMARTS) is 1. The number of ether oxygens (including phenoxy) is 1. The third-order valence-electron chi connectivity index (χ3n) is 7.07. The van der Waals surface area contributed by atoms with E-state index in [0.29, 0.717) is 12.0 Å². The molecule has 3 heterocycles. The van der Waals surface area contributed by atoms with Gasteiger partial charge in [-0.3, -0.25) is 9.55 Å². The fourth-order valence-corrected chi connectivity index (χ4v) is 5.31. The Bertz CT molecular complexity index is 1730. The number of carbonyl (C=O) groups is 2. The Labute approximate surface area is 239 Å². The lowest BCUT2D eigenvalue weighted by Gasteiger charge is -2.33. The van der Waals surface area contributed by atoms with Gasteiger partial charge in [0.2, 0.25) is 5.82 Å². The van der Waals surface area contributed by atoms with Crippen molar-refractivity contribution in [3.8, 4) is 5.69 Å². The van der Waals surface area contributed by atoms with Crippen LogP contribution in [0, 0.1) is 5.92 Å².